The molecule has 0 aromatic rings. The zero-order chi connectivity index (χ0) is 17.4. The van der Waals surface area contributed by atoms with Crippen LogP contribution in [0.1, 0.15) is 0 Å². The molecular formula is C9H27O6Si7. The second kappa shape index (κ2) is 10.3. The molecule has 0 amide bonds. The Bertz CT molecular complexity index is 321. The Balaban J connectivity index is 4.80. The summed E-state index contributed by atoms with van der Waals surface area (Å²) in [6.07, 6.45) is 0. The Hall–Kier alpha value is 1.28. The molecule has 0 fully saturated rings. The van der Waals surface area contributed by atoms with Gasteiger partial charge in [-0.25, -0.2) is 0 Å². The third-order valence-electron chi connectivity index (χ3n) is 2.13. The van der Waals surface area contributed by atoms with Gasteiger partial charge in [0.1, 0.15) is 0 Å². The van der Waals surface area contributed by atoms with Crippen LogP contribution in [-0.2, 0) is 24.7 Å². The first-order valence-electron chi connectivity index (χ1n) is 6.95. The van der Waals surface area contributed by atoms with E-state index in [0.717, 1.165) is 0 Å². The van der Waals surface area contributed by atoms with Gasteiger partial charge in [0, 0.05) is 6.55 Å². The molecule has 127 valence electrons. The summed E-state index contributed by atoms with van der Waals surface area (Å²) in [5, 5.41) is 0. The minimum atomic E-state index is -2.77. The van der Waals surface area contributed by atoms with E-state index in [4.69, 9.17) is 24.7 Å². The number of hydrogen-bond acceptors (Lipinski definition) is 6. The molecule has 0 aliphatic rings. The highest BCUT2D eigenvalue weighted by molar-refractivity contribution is 6.83. The molecular weight excluding hydrogens is 401 g/mol. The van der Waals surface area contributed by atoms with Crippen molar-refractivity contribution in [3.05, 3.63) is 0 Å². The lowest BCUT2D eigenvalue weighted by atomic mass is 11.9. The largest absolute Gasteiger partial charge is 0.469 e. The first kappa shape index (κ1) is 23.3. The molecule has 0 N–H and O–H groups in total. The molecule has 0 saturated carbocycles. The lowest BCUT2D eigenvalue weighted by Crippen LogP contribution is -2.56. The fourth-order valence-corrected chi connectivity index (χ4v) is 19.0. The molecule has 0 aliphatic carbocycles. The summed E-state index contributed by atoms with van der Waals surface area (Å²) in [7, 11) is -7.52. The Morgan fingerprint density at radius 3 is 1.59 bits per heavy atom. The smallest absolute Gasteiger partial charge is 0.437 e. The van der Waals surface area contributed by atoms with Gasteiger partial charge in [-0.05, 0) is 52.4 Å². The predicted molar refractivity (Wildman–Crippen MR) is 99.6 cm³/mol. The minimum Gasteiger partial charge on any atom is -0.437 e. The Labute approximate surface area is 148 Å². The molecule has 7 radical (unpaired) electrons. The fraction of sp³-hybridized carbons (Fsp3) is 1.00. The standard InChI is InChI=1S/C9H27O6Si7/c1-16-10-20(5,6)13-19(4)14-22(9,12-18-3)15-21(7,8)11-17-2/h1-9H3. The maximum Gasteiger partial charge on any atom is 0.469 e. The summed E-state index contributed by atoms with van der Waals surface area (Å²) in [5.74, 6) is 0. The maximum absolute atomic E-state index is 6.20. The van der Waals surface area contributed by atoms with E-state index in [2.05, 4.69) is 0 Å². The first-order valence-corrected chi connectivity index (χ1v) is 20.8. The van der Waals surface area contributed by atoms with Crippen molar-refractivity contribution in [2.75, 3.05) is 0 Å². The second-order valence-electron chi connectivity index (χ2n) is 5.38. The Kier molecular flexibility index (Phi) is 10.9. The summed E-state index contributed by atoms with van der Waals surface area (Å²) in [4.78, 5) is 0. The van der Waals surface area contributed by atoms with Gasteiger partial charge in [-0.3, -0.25) is 0 Å². The van der Waals surface area contributed by atoms with Crippen molar-refractivity contribution in [1.82, 2.24) is 0 Å². The van der Waals surface area contributed by atoms with Crippen LogP contribution >= 0.6 is 0 Å². The van der Waals surface area contributed by atoms with Gasteiger partial charge in [0.2, 0.25) is 29.3 Å². The van der Waals surface area contributed by atoms with E-state index >= 15 is 0 Å². The van der Waals surface area contributed by atoms with Crippen molar-refractivity contribution in [2.24, 2.45) is 0 Å². The highest BCUT2D eigenvalue weighted by Gasteiger charge is 2.45. The molecule has 0 aliphatic heterocycles. The van der Waals surface area contributed by atoms with E-state index in [-0.39, 0.29) is 0 Å². The van der Waals surface area contributed by atoms with Crippen molar-refractivity contribution in [3.8, 4) is 0 Å². The van der Waals surface area contributed by atoms with Crippen LogP contribution in [0.2, 0.25) is 58.9 Å². The zero-order valence-corrected chi connectivity index (χ0v) is 21.9. The van der Waals surface area contributed by atoms with Gasteiger partial charge in [0.15, 0.2) is 0 Å². The van der Waals surface area contributed by atoms with Gasteiger partial charge in [0.25, 0.3) is 0 Å². The zero-order valence-electron chi connectivity index (χ0n) is 14.9. The van der Waals surface area contributed by atoms with Crippen molar-refractivity contribution < 1.29 is 24.7 Å². The average molecular weight is 428 g/mol. The van der Waals surface area contributed by atoms with E-state index in [1.165, 1.54) is 0 Å². The lowest BCUT2D eigenvalue weighted by Gasteiger charge is -2.36. The van der Waals surface area contributed by atoms with Crippen LogP contribution in [0.15, 0.2) is 0 Å². The second-order valence-corrected chi connectivity index (χ2v) is 19.8. The number of rotatable bonds is 12. The van der Waals surface area contributed by atoms with Crippen molar-refractivity contribution in [2.45, 2.75) is 58.9 Å². The molecule has 0 aromatic heterocycles. The van der Waals surface area contributed by atoms with Crippen LogP contribution in [-0.4, -0.2) is 64.5 Å². The summed E-state index contributed by atoms with van der Waals surface area (Å²) >= 11 is 0. The molecule has 1 atom stereocenters. The summed E-state index contributed by atoms with van der Waals surface area (Å²) in [6.45, 7) is 18.0. The van der Waals surface area contributed by atoms with Crippen molar-refractivity contribution in [3.63, 3.8) is 0 Å². The molecule has 1 unspecified atom stereocenters. The van der Waals surface area contributed by atoms with Crippen LogP contribution in [0.5, 0.6) is 0 Å². The first-order chi connectivity index (χ1) is 9.99. The third kappa shape index (κ3) is 10.2. The molecule has 0 heterocycles. The molecule has 6 nitrogen and oxygen atoms in total. The van der Waals surface area contributed by atoms with Gasteiger partial charge in [-0.2, -0.15) is 0 Å². The predicted octanol–water partition coefficient (Wildman–Crippen LogP) is 2.18. The normalized spacial score (nSPS) is 16.1. The highest BCUT2D eigenvalue weighted by atomic mass is 28.5. The Morgan fingerprint density at radius 2 is 1.14 bits per heavy atom. The van der Waals surface area contributed by atoms with E-state index < -0.39 is 35.2 Å². The summed E-state index contributed by atoms with van der Waals surface area (Å²) in [5.41, 5.74) is 0. The third-order valence-corrected chi connectivity index (χ3v) is 19.2. The fourth-order valence-electron chi connectivity index (χ4n) is 1.86. The molecule has 13 heteroatoms. The van der Waals surface area contributed by atoms with Crippen LogP contribution in [0.25, 0.3) is 0 Å². The molecule has 0 aromatic carbocycles. The molecule has 0 saturated heterocycles. The highest BCUT2D eigenvalue weighted by Crippen LogP contribution is 2.20. The van der Waals surface area contributed by atoms with E-state index in [0.29, 0.717) is 29.3 Å². The van der Waals surface area contributed by atoms with E-state index in [1.807, 2.05) is 58.9 Å². The quantitative estimate of drug-likeness (QED) is 0.445. The molecule has 22 heavy (non-hydrogen) atoms. The van der Waals surface area contributed by atoms with Crippen LogP contribution in [0.4, 0.5) is 0 Å². The molecule has 0 rings (SSSR count). The minimum absolute atomic E-state index is 0.308. The van der Waals surface area contributed by atoms with Gasteiger partial charge in [-0.15, -0.1) is 0 Å². The van der Waals surface area contributed by atoms with Gasteiger partial charge in [-0.1, -0.05) is 0 Å². The topological polar surface area (TPSA) is 55.4 Å². The van der Waals surface area contributed by atoms with Gasteiger partial charge >= 0.3 is 35.2 Å². The van der Waals surface area contributed by atoms with Crippen LogP contribution < -0.4 is 0 Å². The van der Waals surface area contributed by atoms with Crippen LogP contribution in [0, 0.1) is 0 Å². The van der Waals surface area contributed by atoms with Crippen molar-refractivity contribution in [1.29, 1.82) is 0 Å². The maximum atomic E-state index is 6.20. The van der Waals surface area contributed by atoms with E-state index in [9.17, 15) is 0 Å². The van der Waals surface area contributed by atoms with Gasteiger partial charge in [0.05, 0.1) is 0 Å². The van der Waals surface area contributed by atoms with E-state index in [1.54, 1.807) is 0 Å². The lowest BCUT2D eigenvalue weighted by molar-refractivity contribution is 0.229. The Morgan fingerprint density at radius 1 is 0.682 bits per heavy atom. The molecule has 0 bridgehead atoms. The average Bonchev–Trinajstić information content (AvgIpc) is 2.25. The molecule has 0 spiro atoms. The monoisotopic (exact) mass is 427 g/mol. The van der Waals surface area contributed by atoms with Crippen molar-refractivity contribution >= 4 is 64.5 Å². The SMILES string of the molecule is C[Si]O[Si](C)(C)O[Si](C)O[Si](C)(O[Si]C)O[Si](C)(C)O[Si]C. The summed E-state index contributed by atoms with van der Waals surface area (Å²) < 4.78 is 35.7. The number of hydrogen-bond donors (Lipinski definition) is 0. The summed E-state index contributed by atoms with van der Waals surface area (Å²) in [6, 6.07) is 0. The van der Waals surface area contributed by atoms with Gasteiger partial charge < -0.3 is 24.7 Å². The van der Waals surface area contributed by atoms with Crippen LogP contribution in [0.3, 0.4) is 0 Å².